The number of fused-ring (bicyclic) bond motifs is 7. The summed E-state index contributed by atoms with van der Waals surface area (Å²) >= 11 is 0. The van der Waals surface area contributed by atoms with Crippen LogP contribution in [0, 0.1) is 56.2 Å². The highest BCUT2D eigenvalue weighted by Crippen LogP contribution is 2.77. The van der Waals surface area contributed by atoms with Crippen molar-refractivity contribution in [3.05, 3.63) is 11.1 Å². The van der Waals surface area contributed by atoms with Crippen LogP contribution in [0.1, 0.15) is 139 Å². The van der Waals surface area contributed by atoms with E-state index in [2.05, 4.69) is 53.8 Å². The van der Waals surface area contributed by atoms with Gasteiger partial charge < -0.3 is 25.0 Å². The van der Waals surface area contributed by atoms with Gasteiger partial charge in [0.05, 0.1) is 24.0 Å². The van der Waals surface area contributed by atoms with Crippen LogP contribution in [-0.2, 0) is 23.9 Å². The lowest BCUT2D eigenvalue weighted by molar-refractivity contribution is -0.235. The van der Waals surface area contributed by atoms with E-state index in [1.807, 2.05) is 0 Å². The predicted octanol–water partition coefficient (Wildman–Crippen LogP) is 7.51. The van der Waals surface area contributed by atoms with Crippen molar-refractivity contribution < 1.29 is 34.1 Å². The zero-order chi connectivity index (χ0) is 36.7. The number of nitrogens with one attached hydrogen (secondary N) is 1. The molecule has 1 saturated heterocycles. The van der Waals surface area contributed by atoms with Crippen molar-refractivity contribution in [1.29, 1.82) is 0 Å². The lowest BCUT2D eigenvalue weighted by Crippen LogP contribution is -2.66. The molecule has 0 aromatic rings. The summed E-state index contributed by atoms with van der Waals surface area (Å²) in [7, 11) is 0. The molecular formula is C42H67NO7. The van der Waals surface area contributed by atoms with Gasteiger partial charge in [0.1, 0.15) is 6.10 Å². The molecule has 8 heteroatoms. The summed E-state index contributed by atoms with van der Waals surface area (Å²) in [4.78, 5) is 38.8. The second-order valence-electron chi connectivity index (χ2n) is 19.9. The Morgan fingerprint density at radius 2 is 1.68 bits per heavy atom. The van der Waals surface area contributed by atoms with Gasteiger partial charge in [0.2, 0.25) is 0 Å². The minimum Gasteiger partial charge on any atom is -0.481 e. The maximum absolute atomic E-state index is 14.0. The Morgan fingerprint density at radius 3 is 2.32 bits per heavy atom. The van der Waals surface area contributed by atoms with E-state index in [0.29, 0.717) is 24.8 Å². The number of aliphatic hydroxyl groups is 1. The van der Waals surface area contributed by atoms with Gasteiger partial charge in [-0.3, -0.25) is 14.4 Å². The van der Waals surface area contributed by atoms with Crippen LogP contribution in [0.25, 0.3) is 0 Å². The van der Waals surface area contributed by atoms with Crippen molar-refractivity contribution in [2.75, 3.05) is 19.7 Å². The predicted molar refractivity (Wildman–Crippen MR) is 193 cm³/mol. The van der Waals surface area contributed by atoms with Crippen LogP contribution in [0.4, 0.5) is 0 Å². The molecule has 10 atom stereocenters. The van der Waals surface area contributed by atoms with Crippen LogP contribution in [0.5, 0.6) is 0 Å². The number of carboxylic acid groups (broad SMARTS) is 1. The molecule has 3 N–H and O–H groups in total. The molecule has 0 aromatic carbocycles. The fourth-order valence-corrected chi connectivity index (χ4v) is 13.3. The van der Waals surface area contributed by atoms with Crippen LogP contribution in [0.2, 0.25) is 0 Å². The molecule has 1 aliphatic heterocycles. The minimum absolute atomic E-state index is 0.00813. The number of allylic oxidation sites excluding steroid dienone is 1. The molecular weight excluding hydrogens is 630 g/mol. The molecule has 50 heavy (non-hydrogen) atoms. The summed E-state index contributed by atoms with van der Waals surface area (Å²) in [6.45, 7) is 21.7. The van der Waals surface area contributed by atoms with Gasteiger partial charge in [0, 0.05) is 36.9 Å². The second kappa shape index (κ2) is 13.0. The fraction of sp³-hybridized carbons (Fsp3) is 0.881. The van der Waals surface area contributed by atoms with Crippen LogP contribution in [0.15, 0.2) is 11.1 Å². The van der Waals surface area contributed by atoms with E-state index in [9.17, 15) is 24.6 Å². The van der Waals surface area contributed by atoms with Crippen LogP contribution in [-0.4, -0.2) is 65.9 Å². The van der Waals surface area contributed by atoms with Crippen molar-refractivity contribution in [3.8, 4) is 0 Å². The maximum Gasteiger partial charge on any atom is 0.309 e. The Labute approximate surface area is 301 Å². The number of carbonyl (C=O) groups excluding carboxylic acids is 2. The Balaban J connectivity index is 1.26. The van der Waals surface area contributed by atoms with Gasteiger partial charge in [-0.05, 0) is 124 Å². The molecule has 0 amide bonds. The van der Waals surface area contributed by atoms with Crippen molar-refractivity contribution in [3.63, 3.8) is 0 Å². The first-order chi connectivity index (χ1) is 23.2. The summed E-state index contributed by atoms with van der Waals surface area (Å²) < 4.78 is 12.0. The number of Topliss-reactive ketones (excluding diaryl/α,β-unsaturated/α-hetero) is 1. The number of carboxylic acids is 1. The van der Waals surface area contributed by atoms with Crippen molar-refractivity contribution >= 4 is 17.7 Å². The van der Waals surface area contributed by atoms with E-state index in [4.69, 9.17) is 9.47 Å². The number of aliphatic carboxylic acids is 1. The summed E-state index contributed by atoms with van der Waals surface area (Å²) in [6.07, 6.45) is 9.76. The van der Waals surface area contributed by atoms with Gasteiger partial charge >= 0.3 is 11.9 Å². The molecule has 6 rings (SSSR count). The largest absolute Gasteiger partial charge is 0.481 e. The second-order valence-corrected chi connectivity index (χ2v) is 19.9. The quantitative estimate of drug-likeness (QED) is 0.201. The number of hydrogen-bond donors (Lipinski definition) is 3. The average Bonchev–Trinajstić information content (AvgIpc) is 3.64. The molecule has 1 unspecified atom stereocenters. The normalized spacial score (nSPS) is 41.7. The molecule has 5 aliphatic carbocycles. The molecule has 0 bridgehead atoms. The Bertz CT molecular complexity index is 1390. The first-order valence-electron chi connectivity index (χ1n) is 20.0. The van der Waals surface area contributed by atoms with E-state index in [-0.39, 0.29) is 57.9 Å². The van der Waals surface area contributed by atoms with Gasteiger partial charge in [0.15, 0.2) is 5.78 Å². The van der Waals surface area contributed by atoms with E-state index >= 15 is 0 Å². The Hall–Kier alpha value is -1.77. The SMILES string of the molecule is CC(C)C1=C2[C@H]3CC[C@@H]4[C@@]5(C)CC[C@H](OC(=O)CC(C)(C)C(=O)O)C(C)(C)[C@@H]5CC[C@@]4(C)[C@]3(C)CC[C@@]2([C@@H](O)CNCC2CCCO2)CC1=O. The van der Waals surface area contributed by atoms with E-state index in [1.54, 1.807) is 13.8 Å². The average molecular weight is 698 g/mol. The number of hydrogen-bond acceptors (Lipinski definition) is 7. The third-order valence-electron chi connectivity index (χ3n) is 16.2. The van der Waals surface area contributed by atoms with Crippen molar-refractivity contribution in [1.82, 2.24) is 5.32 Å². The first kappa shape index (κ1) is 38.0. The number of ether oxygens (including phenoxy) is 2. The Morgan fingerprint density at radius 1 is 0.960 bits per heavy atom. The molecule has 5 fully saturated rings. The monoisotopic (exact) mass is 697 g/mol. The van der Waals surface area contributed by atoms with Crippen LogP contribution >= 0.6 is 0 Å². The summed E-state index contributed by atoms with van der Waals surface area (Å²) in [5.41, 5.74) is 0.594. The lowest BCUT2D eigenvalue weighted by Gasteiger charge is -2.72. The highest BCUT2D eigenvalue weighted by Gasteiger charge is 2.70. The topological polar surface area (TPSA) is 122 Å². The summed E-state index contributed by atoms with van der Waals surface area (Å²) in [6, 6.07) is 0. The molecule has 0 spiro atoms. The molecule has 4 saturated carbocycles. The van der Waals surface area contributed by atoms with Gasteiger partial charge in [-0.2, -0.15) is 0 Å². The zero-order valence-corrected chi connectivity index (χ0v) is 32.6. The smallest absolute Gasteiger partial charge is 0.309 e. The molecule has 0 aromatic heterocycles. The van der Waals surface area contributed by atoms with Gasteiger partial charge in [-0.1, -0.05) is 54.0 Å². The summed E-state index contributed by atoms with van der Waals surface area (Å²) in [5.74, 6) is 0.140. The van der Waals surface area contributed by atoms with Gasteiger partial charge in [0.25, 0.3) is 0 Å². The third-order valence-corrected chi connectivity index (χ3v) is 16.2. The number of rotatable bonds is 10. The highest BCUT2D eigenvalue weighted by atomic mass is 16.5. The molecule has 1 heterocycles. The van der Waals surface area contributed by atoms with Crippen LogP contribution < -0.4 is 5.32 Å². The number of ketones is 1. The standard InChI is InChI=1S/C42H67NO7/c1-25(2)34-28(44)21-42(31(45)24-43-23-26-11-10-20-49-26)19-18-40(8)27(35(34)42)12-13-30-39(7)16-15-32(50-33(46)22-37(3,4)36(47)48)38(5,6)29(39)14-17-41(30,40)9/h25-27,29-32,43,45H,10-24H2,1-9H3,(H,47,48)/t26?,27-,29+,30-,31+,32+,39+,40-,41-,42+/m1/s1. The van der Waals surface area contributed by atoms with Crippen molar-refractivity contribution in [2.24, 2.45) is 56.2 Å². The first-order valence-corrected chi connectivity index (χ1v) is 20.0. The molecule has 6 aliphatic rings. The third kappa shape index (κ3) is 5.75. The summed E-state index contributed by atoms with van der Waals surface area (Å²) in [5, 5.41) is 25.2. The van der Waals surface area contributed by atoms with Crippen molar-refractivity contribution in [2.45, 2.75) is 158 Å². The lowest BCUT2D eigenvalue weighted by atomic mass is 9.33. The molecule has 0 radical (unpaired) electrons. The molecule has 282 valence electrons. The number of esters is 1. The molecule has 8 nitrogen and oxygen atoms in total. The Kier molecular flexibility index (Phi) is 9.85. The van der Waals surface area contributed by atoms with E-state index in [1.165, 1.54) is 5.57 Å². The van der Waals surface area contributed by atoms with Gasteiger partial charge in [-0.25, -0.2) is 0 Å². The highest BCUT2D eigenvalue weighted by molar-refractivity contribution is 6.00. The number of carbonyl (C=O) groups is 3. The minimum atomic E-state index is -1.16. The van der Waals surface area contributed by atoms with Gasteiger partial charge in [-0.15, -0.1) is 0 Å². The van der Waals surface area contributed by atoms with Crippen LogP contribution in [0.3, 0.4) is 0 Å². The van der Waals surface area contributed by atoms with E-state index in [0.717, 1.165) is 82.9 Å². The fourth-order valence-electron chi connectivity index (χ4n) is 13.3. The number of aliphatic hydroxyl groups excluding tert-OH is 1. The zero-order valence-electron chi connectivity index (χ0n) is 32.6. The maximum atomic E-state index is 14.0. The van der Waals surface area contributed by atoms with E-state index < -0.39 is 28.9 Å².